The molecule has 0 aliphatic carbocycles. The van der Waals surface area contributed by atoms with Crippen LogP contribution in [0.1, 0.15) is 18.9 Å². The lowest BCUT2D eigenvalue weighted by Crippen LogP contribution is -2.36. The van der Waals surface area contributed by atoms with E-state index >= 15 is 0 Å². The summed E-state index contributed by atoms with van der Waals surface area (Å²) in [4.78, 5) is 0. The molecule has 1 heterocycles. The molecule has 0 saturated carbocycles. The Kier molecular flexibility index (Phi) is 2.81. The maximum absolute atomic E-state index is 11.5. The van der Waals surface area contributed by atoms with Gasteiger partial charge in [0.2, 0.25) is 0 Å². The largest absolute Gasteiger partial charge is 0.397 e. The zero-order chi connectivity index (χ0) is 12.7. The first-order chi connectivity index (χ1) is 7.81. The summed E-state index contributed by atoms with van der Waals surface area (Å²) in [6, 6.07) is 5.74. The molecule has 1 atom stereocenters. The summed E-state index contributed by atoms with van der Waals surface area (Å²) in [6.07, 6.45) is 0.628. The van der Waals surface area contributed by atoms with Gasteiger partial charge in [0, 0.05) is 5.54 Å². The maximum atomic E-state index is 11.5. The van der Waals surface area contributed by atoms with Gasteiger partial charge in [-0.05, 0) is 31.9 Å². The molecular formula is C12H18N2O2S. The van der Waals surface area contributed by atoms with Gasteiger partial charge in [0.25, 0.3) is 0 Å². The SMILES string of the molecule is Cc1cccc(NC2(C)CCS(=O)(=O)C2)c1N. The van der Waals surface area contributed by atoms with Crippen LogP contribution in [0.5, 0.6) is 0 Å². The van der Waals surface area contributed by atoms with E-state index in [0.717, 1.165) is 11.3 Å². The molecule has 1 aromatic rings. The Labute approximate surface area is 102 Å². The molecule has 2 rings (SSSR count). The van der Waals surface area contributed by atoms with Crippen molar-refractivity contribution in [3.05, 3.63) is 23.8 Å². The quantitative estimate of drug-likeness (QED) is 0.786. The normalized spacial score (nSPS) is 26.9. The first-order valence-corrected chi connectivity index (χ1v) is 7.47. The monoisotopic (exact) mass is 254 g/mol. The molecule has 0 radical (unpaired) electrons. The van der Waals surface area contributed by atoms with Crippen molar-refractivity contribution in [2.45, 2.75) is 25.8 Å². The maximum Gasteiger partial charge on any atom is 0.152 e. The van der Waals surface area contributed by atoms with Crippen LogP contribution in [0.25, 0.3) is 0 Å². The third kappa shape index (κ3) is 2.54. The highest BCUT2D eigenvalue weighted by Crippen LogP contribution is 2.31. The Morgan fingerprint density at radius 3 is 2.71 bits per heavy atom. The number of sulfone groups is 1. The number of para-hydroxylation sites is 1. The summed E-state index contributed by atoms with van der Waals surface area (Å²) in [5, 5.41) is 3.28. The van der Waals surface area contributed by atoms with E-state index < -0.39 is 15.4 Å². The minimum atomic E-state index is -2.90. The van der Waals surface area contributed by atoms with E-state index in [4.69, 9.17) is 5.73 Å². The van der Waals surface area contributed by atoms with Gasteiger partial charge in [-0.15, -0.1) is 0 Å². The molecule has 0 spiro atoms. The molecule has 0 amide bonds. The zero-order valence-corrected chi connectivity index (χ0v) is 11.0. The van der Waals surface area contributed by atoms with Crippen molar-refractivity contribution in [2.75, 3.05) is 22.6 Å². The summed E-state index contributed by atoms with van der Waals surface area (Å²) in [5.41, 5.74) is 8.09. The van der Waals surface area contributed by atoms with Crippen LogP contribution in [0.15, 0.2) is 18.2 Å². The first-order valence-electron chi connectivity index (χ1n) is 5.65. The third-order valence-electron chi connectivity index (χ3n) is 3.26. The second-order valence-electron chi connectivity index (χ2n) is 5.06. The van der Waals surface area contributed by atoms with Crippen LogP contribution in [0.3, 0.4) is 0 Å². The van der Waals surface area contributed by atoms with E-state index in [1.54, 1.807) is 0 Å². The molecule has 5 heteroatoms. The molecule has 1 aliphatic rings. The van der Waals surface area contributed by atoms with E-state index in [2.05, 4.69) is 5.32 Å². The van der Waals surface area contributed by atoms with Crippen LogP contribution in [-0.2, 0) is 9.84 Å². The lowest BCUT2D eigenvalue weighted by molar-refractivity contribution is 0.574. The standard InChI is InChI=1S/C12H18N2O2S/c1-9-4-3-5-10(11(9)13)14-12(2)6-7-17(15,16)8-12/h3-5,14H,6-8,13H2,1-2H3. The highest BCUT2D eigenvalue weighted by atomic mass is 32.2. The summed E-state index contributed by atoms with van der Waals surface area (Å²) in [6.45, 7) is 3.87. The van der Waals surface area contributed by atoms with Crippen molar-refractivity contribution in [1.29, 1.82) is 0 Å². The minimum Gasteiger partial charge on any atom is -0.397 e. The molecule has 1 fully saturated rings. The number of anilines is 2. The Morgan fingerprint density at radius 2 is 2.12 bits per heavy atom. The van der Waals surface area contributed by atoms with E-state index in [1.165, 1.54) is 0 Å². The van der Waals surface area contributed by atoms with Crippen LogP contribution in [0.2, 0.25) is 0 Å². The number of hydrogen-bond acceptors (Lipinski definition) is 4. The number of nitrogens with one attached hydrogen (secondary N) is 1. The lowest BCUT2D eigenvalue weighted by Gasteiger charge is -2.26. The predicted octanol–water partition coefficient (Wildman–Crippen LogP) is 1.57. The van der Waals surface area contributed by atoms with Gasteiger partial charge < -0.3 is 11.1 Å². The predicted molar refractivity (Wildman–Crippen MR) is 70.9 cm³/mol. The topological polar surface area (TPSA) is 72.2 Å². The van der Waals surface area contributed by atoms with Gasteiger partial charge in [-0.1, -0.05) is 12.1 Å². The molecule has 1 aromatic carbocycles. The van der Waals surface area contributed by atoms with Crippen LogP contribution in [0.4, 0.5) is 11.4 Å². The smallest absolute Gasteiger partial charge is 0.152 e. The van der Waals surface area contributed by atoms with Crippen molar-refractivity contribution in [2.24, 2.45) is 0 Å². The summed E-state index contributed by atoms with van der Waals surface area (Å²) < 4.78 is 23.0. The summed E-state index contributed by atoms with van der Waals surface area (Å²) >= 11 is 0. The van der Waals surface area contributed by atoms with Gasteiger partial charge in [-0.2, -0.15) is 0 Å². The van der Waals surface area contributed by atoms with Crippen LogP contribution < -0.4 is 11.1 Å². The summed E-state index contributed by atoms with van der Waals surface area (Å²) in [7, 11) is -2.90. The average molecular weight is 254 g/mol. The molecule has 0 bridgehead atoms. The number of benzene rings is 1. The van der Waals surface area contributed by atoms with Crippen molar-refractivity contribution < 1.29 is 8.42 Å². The Balaban J connectivity index is 2.25. The van der Waals surface area contributed by atoms with Crippen LogP contribution in [-0.4, -0.2) is 25.5 Å². The van der Waals surface area contributed by atoms with E-state index in [1.807, 2.05) is 32.0 Å². The lowest BCUT2D eigenvalue weighted by atomic mass is 10.0. The zero-order valence-electron chi connectivity index (χ0n) is 10.2. The molecular weight excluding hydrogens is 236 g/mol. The molecule has 1 aliphatic heterocycles. The van der Waals surface area contributed by atoms with E-state index in [-0.39, 0.29) is 11.5 Å². The molecule has 4 nitrogen and oxygen atoms in total. The number of aryl methyl sites for hydroxylation is 1. The Hall–Kier alpha value is -1.23. The van der Waals surface area contributed by atoms with Crippen molar-refractivity contribution in [1.82, 2.24) is 0 Å². The van der Waals surface area contributed by atoms with Crippen molar-refractivity contribution in [3.63, 3.8) is 0 Å². The molecule has 3 N–H and O–H groups in total. The minimum absolute atomic E-state index is 0.174. The fraction of sp³-hybridized carbons (Fsp3) is 0.500. The Bertz CT molecular complexity index is 539. The van der Waals surface area contributed by atoms with Crippen molar-refractivity contribution in [3.8, 4) is 0 Å². The highest BCUT2D eigenvalue weighted by molar-refractivity contribution is 7.91. The van der Waals surface area contributed by atoms with Gasteiger partial charge in [-0.25, -0.2) is 8.42 Å². The highest BCUT2D eigenvalue weighted by Gasteiger charge is 2.38. The van der Waals surface area contributed by atoms with Gasteiger partial charge in [0.1, 0.15) is 0 Å². The number of rotatable bonds is 2. The second kappa shape index (κ2) is 3.91. The molecule has 1 saturated heterocycles. The van der Waals surface area contributed by atoms with Crippen LogP contribution >= 0.6 is 0 Å². The molecule has 94 valence electrons. The van der Waals surface area contributed by atoms with Gasteiger partial charge >= 0.3 is 0 Å². The van der Waals surface area contributed by atoms with Gasteiger partial charge in [0.05, 0.1) is 22.9 Å². The summed E-state index contributed by atoms with van der Waals surface area (Å²) in [5.74, 6) is 0.426. The van der Waals surface area contributed by atoms with E-state index in [0.29, 0.717) is 12.1 Å². The van der Waals surface area contributed by atoms with Gasteiger partial charge in [0.15, 0.2) is 9.84 Å². The first kappa shape index (κ1) is 12.2. The average Bonchev–Trinajstić information content (AvgIpc) is 2.49. The van der Waals surface area contributed by atoms with Gasteiger partial charge in [-0.3, -0.25) is 0 Å². The fourth-order valence-electron chi connectivity index (χ4n) is 2.22. The van der Waals surface area contributed by atoms with Crippen LogP contribution in [0, 0.1) is 6.92 Å². The molecule has 0 aromatic heterocycles. The second-order valence-corrected chi connectivity index (χ2v) is 7.25. The molecule has 1 unspecified atom stereocenters. The number of nitrogens with two attached hydrogens (primary N) is 1. The van der Waals surface area contributed by atoms with Crippen molar-refractivity contribution >= 4 is 21.2 Å². The van der Waals surface area contributed by atoms with E-state index in [9.17, 15) is 8.42 Å². The number of nitrogen functional groups attached to an aromatic ring is 1. The number of hydrogen-bond donors (Lipinski definition) is 2. The third-order valence-corrected chi connectivity index (χ3v) is 5.17. The molecule has 17 heavy (non-hydrogen) atoms. The Morgan fingerprint density at radius 1 is 1.41 bits per heavy atom. The fourth-order valence-corrected chi connectivity index (χ4v) is 4.32.